The van der Waals surface area contributed by atoms with E-state index in [1.54, 1.807) is 24.5 Å². The van der Waals surface area contributed by atoms with Gasteiger partial charge in [-0.05, 0) is 74.3 Å². The SMILES string of the molecule is C=C[C@H]1CC1(NC(=O)[C@@H]1C[C@@H]2CN1C(=O)[C@H](C1CCCC1)NC(=O)OCC(C)(C)CCCc1cc3c(cc(OCc4csc(C(C)C)n4)nc3cc1OC)O2)C(=O)NS(=O)(=O)C1CC1. The second-order valence-corrected chi connectivity index (χ2v) is 22.0. The monoisotopic (exact) mass is 920 g/mol. The number of benzene rings is 1. The van der Waals surface area contributed by atoms with Crippen molar-refractivity contribution >= 4 is 56.1 Å². The molecule has 4 amide bonds. The molecule has 2 aliphatic heterocycles. The Morgan fingerprint density at radius 1 is 1.11 bits per heavy atom. The van der Waals surface area contributed by atoms with Crippen molar-refractivity contribution in [1.29, 1.82) is 0 Å². The second kappa shape index (κ2) is 18.1. The van der Waals surface area contributed by atoms with Crippen LogP contribution in [0.1, 0.15) is 114 Å². The van der Waals surface area contributed by atoms with E-state index >= 15 is 0 Å². The minimum atomic E-state index is -3.93. The molecule has 3 aliphatic carbocycles. The predicted molar refractivity (Wildman–Crippen MR) is 240 cm³/mol. The third-order valence-electron chi connectivity index (χ3n) is 13.3. The molecule has 3 aromatic rings. The minimum Gasteiger partial charge on any atom is -0.496 e. The van der Waals surface area contributed by atoms with Gasteiger partial charge in [-0.3, -0.25) is 19.1 Å². The van der Waals surface area contributed by atoms with Crippen molar-refractivity contribution in [2.24, 2.45) is 17.3 Å². The smallest absolute Gasteiger partial charge is 0.407 e. The molecule has 4 bridgehead atoms. The Morgan fingerprint density at radius 2 is 1.88 bits per heavy atom. The molecule has 3 saturated carbocycles. The number of aryl methyl sites for hydroxylation is 1. The van der Waals surface area contributed by atoms with Crippen LogP contribution in [-0.4, -0.2) is 96.3 Å². The molecule has 16 nitrogen and oxygen atoms in total. The van der Waals surface area contributed by atoms with Gasteiger partial charge in [-0.15, -0.1) is 17.9 Å². The van der Waals surface area contributed by atoms with Gasteiger partial charge < -0.3 is 34.5 Å². The Morgan fingerprint density at radius 3 is 2.55 bits per heavy atom. The molecular weight excluding hydrogens is 861 g/mol. The number of hydrogen-bond acceptors (Lipinski definition) is 13. The van der Waals surface area contributed by atoms with Crippen LogP contribution in [-0.2, 0) is 42.2 Å². The third kappa shape index (κ3) is 9.82. The lowest BCUT2D eigenvalue weighted by Crippen LogP contribution is -2.59. The molecule has 8 rings (SSSR count). The first-order valence-electron chi connectivity index (χ1n) is 22.5. The zero-order valence-electron chi connectivity index (χ0n) is 37.3. The lowest BCUT2D eigenvalue weighted by molar-refractivity contribution is -0.142. The van der Waals surface area contributed by atoms with E-state index in [4.69, 9.17) is 28.9 Å². The van der Waals surface area contributed by atoms with Crippen LogP contribution in [0.15, 0.2) is 36.2 Å². The number of thiazole rings is 1. The van der Waals surface area contributed by atoms with Crippen molar-refractivity contribution in [3.05, 3.63) is 52.5 Å². The highest BCUT2D eigenvalue weighted by Gasteiger charge is 2.62. The van der Waals surface area contributed by atoms with Gasteiger partial charge in [0.05, 0.1) is 41.7 Å². The van der Waals surface area contributed by atoms with Crippen LogP contribution < -0.4 is 29.6 Å². The van der Waals surface area contributed by atoms with Gasteiger partial charge >= 0.3 is 6.09 Å². The van der Waals surface area contributed by atoms with Crippen LogP contribution in [0, 0.1) is 17.3 Å². The number of aromatic nitrogens is 2. The summed E-state index contributed by atoms with van der Waals surface area (Å²) < 4.78 is 52.8. The molecule has 3 N–H and O–H groups in total. The van der Waals surface area contributed by atoms with E-state index < -0.39 is 74.1 Å². The van der Waals surface area contributed by atoms with Gasteiger partial charge in [0.2, 0.25) is 27.7 Å². The lowest BCUT2D eigenvalue weighted by atomic mass is 9.87. The van der Waals surface area contributed by atoms with Gasteiger partial charge in [0.1, 0.15) is 41.8 Å². The van der Waals surface area contributed by atoms with Crippen LogP contribution >= 0.6 is 11.3 Å². The summed E-state index contributed by atoms with van der Waals surface area (Å²) in [7, 11) is -2.32. The summed E-state index contributed by atoms with van der Waals surface area (Å²) >= 11 is 1.57. The Balaban J connectivity index is 1.16. The fraction of sp³-hybridized carbons (Fsp3) is 0.609. The van der Waals surface area contributed by atoms with Crippen LogP contribution in [0.3, 0.4) is 0 Å². The molecule has 5 atom stereocenters. The molecular formula is C46H60N6O10S2. The standard InChI is InChI=1S/C46H60N6O10S2/c1-7-29-21-46(29,43(55)51-64(57,58)32-14-15-32)50-40(53)35-18-31-22-52(35)42(54)39(27-11-8-9-12-27)49-44(56)61-25-45(4,5)16-10-13-28-17-33-34(19-36(28)59-6)48-38(20-37(33)62-31)60-23-30-24-63-41(47-30)26(2)3/h7,17,19-20,24,26-27,29,31-32,35,39H,1,8-16,18,21-23,25H2,2-6H3,(H,49,56)(H,50,53)(H,51,55)/t29-,31+,35-,39-,46?/m0/s1. The van der Waals surface area contributed by atoms with Crippen LogP contribution in [0.5, 0.6) is 17.4 Å². The Hall–Kier alpha value is -4.97. The predicted octanol–water partition coefficient (Wildman–Crippen LogP) is 6.07. The molecule has 1 unspecified atom stereocenters. The fourth-order valence-corrected chi connectivity index (χ4v) is 11.5. The average Bonchev–Trinajstić information content (AvgIpc) is 4.02. The summed E-state index contributed by atoms with van der Waals surface area (Å²) in [6, 6.07) is 3.41. The lowest BCUT2D eigenvalue weighted by Gasteiger charge is -2.32. The number of pyridine rings is 1. The van der Waals surface area contributed by atoms with E-state index in [1.165, 1.54) is 11.0 Å². The number of sulfonamides is 1. The highest BCUT2D eigenvalue weighted by atomic mass is 32.2. The van der Waals surface area contributed by atoms with Gasteiger partial charge in [-0.1, -0.05) is 46.6 Å². The van der Waals surface area contributed by atoms with Crippen molar-refractivity contribution in [1.82, 2.24) is 30.2 Å². The van der Waals surface area contributed by atoms with Gasteiger partial charge in [0.15, 0.2) is 0 Å². The number of rotatable bonds is 12. The number of cyclic esters (lactones) is 1. The number of ether oxygens (including phenoxy) is 4. The molecule has 2 aromatic heterocycles. The Labute approximate surface area is 378 Å². The Kier molecular flexibility index (Phi) is 12.9. The first kappa shape index (κ1) is 45.6. The van der Waals surface area contributed by atoms with Gasteiger partial charge in [-0.25, -0.2) is 23.2 Å². The van der Waals surface area contributed by atoms with E-state index in [0.29, 0.717) is 54.5 Å². The largest absolute Gasteiger partial charge is 0.496 e. The number of alkyl carbamates (subject to hydrolysis) is 1. The number of methoxy groups -OCH3 is 1. The number of amides is 4. The van der Waals surface area contributed by atoms with Crippen LogP contribution in [0.2, 0.25) is 0 Å². The summed E-state index contributed by atoms with van der Waals surface area (Å²) in [6.07, 6.45) is 6.41. The Bertz CT molecular complexity index is 2410. The van der Waals surface area contributed by atoms with E-state index in [1.807, 2.05) is 31.4 Å². The second-order valence-electron chi connectivity index (χ2n) is 19.2. The summed E-state index contributed by atoms with van der Waals surface area (Å²) in [6.45, 7) is 12.3. The quantitative estimate of drug-likeness (QED) is 0.177. The van der Waals surface area contributed by atoms with Gasteiger partial charge in [0, 0.05) is 41.2 Å². The van der Waals surface area contributed by atoms with Crippen molar-refractivity contribution < 1.29 is 46.5 Å². The van der Waals surface area contributed by atoms with Gasteiger partial charge in [-0.2, -0.15) is 0 Å². The zero-order valence-corrected chi connectivity index (χ0v) is 38.9. The number of carbonyl (C=O) groups excluding carboxylic acids is 4. The molecule has 1 saturated heterocycles. The zero-order chi connectivity index (χ0) is 45.6. The van der Waals surface area contributed by atoms with Crippen molar-refractivity contribution in [2.45, 2.75) is 140 Å². The average molecular weight is 921 g/mol. The highest BCUT2D eigenvalue weighted by Crippen LogP contribution is 2.46. The van der Waals surface area contributed by atoms with Gasteiger partial charge in [0.25, 0.3) is 5.91 Å². The van der Waals surface area contributed by atoms with Crippen LogP contribution in [0.25, 0.3) is 10.9 Å². The van der Waals surface area contributed by atoms with Crippen molar-refractivity contribution in [2.75, 3.05) is 20.3 Å². The summed E-state index contributed by atoms with van der Waals surface area (Å²) in [5.41, 5.74) is 0.271. The number of carbonyl (C=O) groups is 4. The van der Waals surface area contributed by atoms with E-state index in [9.17, 15) is 27.6 Å². The highest BCUT2D eigenvalue weighted by molar-refractivity contribution is 7.91. The molecule has 346 valence electrons. The minimum absolute atomic E-state index is 0.0181. The summed E-state index contributed by atoms with van der Waals surface area (Å²) in [5.74, 6) is -1.08. The number of nitrogens with one attached hydrogen (secondary N) is 3. The normalized spacial score (nSPS) is 26.4. The maximum atomic E-state index is 15.0. The number of nitrogens with zero attached hydrogens (tertiary/aromatic N) is 3. The van der Waals surface area contributed by atoms with Crippen LogP contribution in [0.4, 0.5) is 4.79 Å². The molecule has 0 radical (unpaired) electrons. The third-order valence-corrected chi connectivity index (χ3v) is 16.3. The maximum Gasteiger partial charge on any atom is 0.407 e. The maximum absolute atomic E-state index is 15.0. The number of hydrogen-bond donors (Lipinski definition) is 3. The number of fused-ring (bicyclic) bond motifs is 3. The van der Waals surface area contributed by atoms with Crippen molar-refractivity contribution in [3.8, 4) is 17.4 Å². The van der Waals surface area contributed by atoms with E-state index in [0.717, 1.165) is 41.9 Å². The molecule has 1 aromatic carbocycles. The molecule has 4 fully saturated rings. The fourth-order valence-electron chi connectivity index (χ4n) is 9.29. The topological polar surface area (TPSA) is 204 Å². The molecule has 64 heavy (non-hydrogen) atoms. The first-order chi connectivity index (χ1) is 30.5. The molecule has 4 heterocycles. The summed E-state index contributed by atoms with van der Waals surface area (Å²) in [5, 5.41) is 8.75. The molecule has 5 aliphatic rings. The summed E-state index contributed by atoms with van der Waals surface area (Å²) in [4.78, 5) is 68.0. The van der Waals surface area contributed by atoms with E-state index in [2.05, 4.69) is 35.8 Å². The first-order valence-corrected chi connectivity index (χ1v) is 24.9. The van der Waals surface area contributed by atoms with E-state index in [-0.39, 0.29) is 50.3 Å². The molecule has 18 heteroatoms. The molecule has 0 spiro atoms. The van der Waals surface area contributed by atoms with Crippen molar-refractivity contribution in [3.63, 3.8) is 0 Å².